The number of nitrogens with one attached hydrogen (secondary N) is 3. The summed E-state index contributed by atoms with van der Waals surface area (Å²) >= 11 is 0. The van der Waals surface area contributed by atoms with Crippen molar-refractivity contribution in [2.24, 2.45) is 0 Å². The van der Waals surface area contributed by atoms with E-state index in [1.54, 1.807) is 23.0 Å². The first-order valence-electron chi connectivity index (χ1n) is 8.13. The monoisotopic (exact) mass is 327 g/mol. The number of hydrogen-bond donors (Lipinski definition) is 3. The van der Waals surface area contributed by atoms with E-state index >= 15 is 0 Å². The van der Waals surface area contributed by atoms with Crippen LogP contribution in [0.2, 0.25) is 0 Å². The summed E-state index contributed by atoms with van der Waals surface area (Å²) in [6.07, 6.45) is 6.52. The maximum absolute atomic E-state index is 12.0. The van der Waals surface area contributed by atoms with E-state index < -0.39 is 0 Å². The van der Waals surface area contributed by atoms with Gasteiger partial charge in [-0.3, -0.25) is 9.59 Å². The van der Waals surface area contributed by atoms with Gasteiger partial charge in [-0.1, -0.05) is 6.42 Å². The summed E-state index contributed by atoms with van der Waals surface area (Å²) in [6.45, 7) is 0.824. The van der Waals surface area contributed by atoms with E-state index in [-0.39, 0.29) is 24.4 Å². The van der Waals surface area contributed by atoms with Crippen LogP contribution in [0.3, 0.4) is 0 Å². The van der Waals surface area contributed by atoms with E-state index in [9.17, 15) is 9.59 Å². The highest BCUT2D eigenvalue weighted by atomic mass is 16.2. The molecule has 0 radical (unpaired) electrons. The fourth-order valence-corrected chi connectivity index (χ4v) is 2.69. The van der Waals surface area contributed by atoms with Crippen molar-refractivity contribution in [1.82, 2.24) is 20.4 Å². The van der Waals surface area contributed by atoms with Crippen LogP contribution in [-0.2, 0) is 9.59 Å². The van der Waals surface area contributed by atoms with Crippen molar-refractivity contribution in [3.05, 3.63) is 42.7 Å². The zero-order chi connectivity index (χ0) is 16.8. The number of nitrogens with zero attached hydrogens (tertiary/aromatic N) is 2. The molecule has 24 heavy (non-hydrogen) atoms. The van der Waals surface area contributed by atoms with Crippen molar-refractivity contribution in [3.8, 4) is 5.69 Å². The van der Waals surface area contributed by atoms with Crippen molar-refractivity contribution in [2.75, 3.05) is 18.4 Å². The molecular formula is C17H21N5O2. The Hall–Kier alpha value is -2.67. The molecule has 7 heteroatoms. The molecule has 1 aromatic carbocycles. The second-order valence-corrected chi connectivity index (χ2v) is 5.77. The smallest absolute Gasteiger partial charge is 0.243 e. The van der Waals surface area contributed by atoms with Gasteiger partial charge in [-0.05, 0) is 49.7 Å². The minimum absolute atomic E-state index is 0.0298. The summed E-state index contributed by atoms with van der Waals surface area (Å²) in [7, 11) is 0. The summed E-state index contributed by atoms with van der Waals surface area (Å²) in [5, 5.41) is 12.8. The predicted molar refractivity (Wildman–Crippen MR) is 90.8 cm³/mol. The van der Waals surface area contributed by atoms with Crippen LogP contribution in [0.1, 0.15) is 19.3 Å². The van der Waals surface area contributed by atoms with Gasteiger partial charge in [-0.15, -0.1) is 0 Å². The molecule has 1 unspecified atom stereocenters. The Morgan fingerprint density at radius 2 is 2.08 bits per heavy atom. The van der Waals surface area contributed by atoms with E-state index in [1.807, 2.05) is 24.4 Å². The van der Waals surface area contributed by atoms with E-state index in [0.717, 1.165) is 31.5 Å². The van der Waals surface area contributed by atoms with Gasteiger partial charge in [0.1, 0.15) is 0 Å². The number of rotatable bonds is 5. The Morgan fingerprint density at radius 3 is 2.75 bits per heavy atom. The molecule has 1 aliphatic heterocycles. The van der Waals surface area contributed by atoms with Crippen LogP contribution >= 0.6 is 0 Å². The third kappa shape index (κ3) is 4.20. The van der Waals surface area contributed by atoms with Gasteiger partial charge in [-0.25, -0.2) is 4.68 Å². The van der Waals surface area contributed by atoms with Crippen LogP contribution in [0.4, 0.5) is 5.69 Å². The molecule has 1 atom stereocenters. The lowest BCUT2D eigenvalue weighted by Crippen LogP contribution is -2.48. The zero-order valence-corrected chi connectivity index (χ0v) is 13.4. The molecule has 7 nitrogen and oxygen atoms in total. The molecule has 1 fully saturated rings. The van der Waals surface area contributed by atoms with E-state index in [1.165, 1.54) is 0 Å². The van der Waals surface area contributed by atoms with Gasteiger partial charge in [0.25, 0.3) is 0 Å². The average molecular weight is 327 g/mol. The molecule has 1 saturated heterocycles. The molecule has 0 aliphatic carbocycles. The summed E-state index contributed by atoms with van der Waals surface area (Å²) in [4.78, 5) is 23.9. The normalized spacial score (nSPS) is 17.2. The second-order valence-electron chi connectivity index (χ2n) is 5.77. The molecule has 1 aliphatic rings. The Kier molecular flexibility index (Phi) is 5.22. The number of piperidine rings is 1. The van der Waals surface area contributed by atoms with E-state index in [0.29, 0.717) is 5.69 Å². The van der Waals surface area contributed by atoms with Gasteiger partial charge in [0.2, 0.25) is 11.8 Å². The molecule has 2 amide bonds. The zero-order valence-electron chi connectivity index (χ0n) is 13.4. The fraction of sp³-hybridized carbons (Fsp3) is 0.353. The summed E-state index contributed by atoms with van der Waals surface area (Å²) in [6, 6.07) is 9.01. The Labute approximate surface area is 140 Å². The minimum Gasteiger partial charge on any atom is -0.346 e. The summed E-state index contributed by atoms with van der Waals surface area (Å²) < 4.78 is 1.74. The number of carbonyl (C=O) groups excluding carboxylic acids is 2. The predicted octanol–water partition coefficient (Wildman–Crippen LogP) is 1.07. The quantitative estimate of drug-likeness (QED) is 0.766. The number of aromatic nitrogens is 2. The maximum Gasteiger partial charge on any atom is 0.243 e. The average Bonchev–Trinajstić information content (AvgIpc) is 3.16. The van der Waals surface area contributed by atoms with Crippen molar-refractivity contribution in [1.29, 1.82) is 0 Å². The summed E-state index contributed by atoms with van der Waals surface area (Å²) in [5.41, 5.74) is 1.59. The van der Waals surface area contributed by atoms with Crippen LogP contribution in [0.5, 0.6) is 0 Å². The third-order valence-corrected chi connectivity index (χ3v) is 3.97. The SMILES string of the molecule is O=C(CNC(=O)C1CCCCN1)Nc1ccc(-n2cccn2)cc1. The lowest BCUT2D eigenvalue weighted by molar-refractivity contribution is -0.126. The Bertz CT molecular complexity index is 676. The largest absolute Gasteiger partial charge is 0.346 e. The summed E-state index contributed by atoms with van der Waals surface area (Å²) in [5.74, 6) is -0.357. The highest BCUT2D eigenvalue weighted by molar-refractivity contribution is 5.95. The highest BCUT2D eigenvalue weighted by Gasteiger charge is 2.20. The van der Waals surface area contributed by atoms with Gasteiger partial charge in [0.05, 0.1) is 18.3 Å². The molecule has 2 heterocycles. The van der Waals surface area contributed by atoms with Crippen molar-refractivity contribution >= 4 is 17.5 Å². The molecule has 126 valence electrons. The first-order chi connectivity index (χ1) is 11.7. The van der Waals surface area contributed by atoms with Gasteiger partial charge >= 0.3 is 0 Å². The van der Waals surface area contributed by atoms with E-state index in [2.05, 4.69) is 21.0 Å². The Balaban J connectivity index is 1.47. The van der Waals surface area contributed by atoms with E-state index in [4.69, 9.17) is 0 Å². The van der Waals surface area contributed by atoms with Crippen LogP contribution in [0.15, 0.2) is 42.7 Å². The van der Waals surface area contributed by atoms with Gasteiger partial charge in [0, 0.05) is 18.1 Å². The van der Waals surface area contributed by atoms with Crippen LogP contribution < -0.4 is 16.0 Å². The molecule has 0 saturated carbocycles. The van der Waals surface area contributed by atoms with Crippen molar-refractivity contribution < 1.29 is 9.59 Å². The molecule has 0 bridgehead atoms. The van der Waals surface area contributed by atoms with Crippen molar-refractivity contribution in [3.63, 3.8) is 0 Å². The Morgan fingerprint density at radius 1 is 1.25 bits per heavy atom. The third-order valence-electron chi connectivity index (χ3n) is 3.97. The van der Waals surface area contributed by atoms with Gasteiger partial charge < -0.3 is 16.0 Å². The number of carbonyl (C=O) groups is 2. The highest BCUT2D eigenvalue weighted by Crippen LogP contribution is 2.12. The first-order valence-corrected chi connectivity index (χ1v) is 8.13. The second kappa shape index (κ2) is 7.74. The van der Waals surface area contributed by atoms with Crippen LogP contribution in [0.25, 0.3) is 5.69 Å². The molecule has 3 N–H and O–H groups in total. The molecule has 3 rings (SSSR count). The number of benzene rings is 1. The standard InChI is InChI=1S/C17H21N5O2/c23-16(12-19-17(24)15-4-1-2-9-18-15)21-13-5-7-14(8-6-13)22-11-3-10-20-22/h3,5-8,10-11,15,18H,1-2,4,9,12H2,(H,19,24)(H,21,23). The fourth-order valence-electron chi connectivity index (χ4n) is 2.69. The van der Waals surface area contributed by atoms with Gasteiger partial charge in [0.15, 0.2) is 0 Å². The molecule has 2 aromatic rings. The molecule has 1 aromatic heterocycles. The number of anilines is 1. The first kappa shape index (κ1) is 16.2. The minimum atomic E-state index is -0.244. The molecule has 0 spiro atoms. The lowest BCUT2D eigenvalue weighted by atomic mass is 10.0. The molecular weight excluding hydrogens is 306 g/mol. The van der Waals surface area contributed by atoms with Crippen molar-refractivity contribution in [2.45, 2.75) is 25.3 Å². The van der Waals surface area contributed by atoms with Gasteiger partial charge in [-0.2, -0.15) is 5.10 Å². The lowest BCUT2D eigenvalue weighted by Gasteiger charge is -2.22. The maximum atomic E-state index is 12.0. The number of amides is 2. The topological polar surface area (TPSA) is 88.0 Å². The van der Waals surface area contributed by atoms with Crippen LogP contribution in [-0.4, -0.2) is 40.7 Å². The number of hydrogen-bond acceptors (Lipinski definition) is 4. The van der Waals surface area contributed by atoms with Crippen LogP contribution in [0, 0.1) is 0 Å².